The number of hydrogen-bond donors (Lipinski definition) is 2. The van der Waals surface area contributed by atoms with Crippen molar-refractivity contribution in [2.75, 3.05) is 0 Å². The van der Waals surface area contributed by atoms with Crippen LogP contribution in [0, 0.1) is 0 Å². The van der Waals surface area contributed by atoms with E-state index in [1.165, 1.54) is 6.07 Å². The number of nitrogens with one attached hydrogen (secondary N) is 2. The molecule has 1 aromatic carbocycles. The number of aromatic nitrogens is 2. The minimum Gasteiger partial charge on any atom is -0.348 e. The summed E-state index contributed by atoms with van der Waals surface area (Å²) < 4.78 is 0. The Morgan fingerprint density at radius 3 is 2.74 bits per heavy atom. The summed E-state index contributed by atoms with van der Waals surface area (Å²) in [6.45, 7) is 0.307. The Morgan fingerprint density at radius 2 is 2.00 bits per heavy atom. The average molecular weight is 341 g/mol. The second-order valence-electron chi connectivity index (χ2n) is 4.94. The first-order valence-corrected chi connectivity index (χ1v) is 7.68. The molecule has 1 amide bonds. The van der Waals surface area contributed by atoms with Crippen molar-refractivity contribution in [2.24, 2.45) is 0 Å². The van der Waals surface area contributed by atoms with Crippen molar-refractivity contribution in [3.8, 4) is 0 Å². The average Bonchev–Trinajstić information content (AvgIpc) is 2.54. The molecule has 0 saturated carbocycles. The molecule has 2 heterocycles. The standard InChI is InChI=1S/C16H11ClN3O2Si/c17-10-3-1-9(2-4-10)8-19-15(21)12-7-11-13(23)5-6-18-14(11)20-16(12)22/h1-7H,8H2,(H,19,21)(H,18,20,22). The van der Waals surface area contributed by atoms with Gasteiger partial charge in [-0.1, -0.05) is 28.9 Å². The predicted octanol–water partition coefficient (Wildman–Crippen LogP) is 1.30. The van der Waals surface area contributed by atoms with E-state index >= 15 is 0 Å². The third-order valence-corrected chi connectivity index (χ3v) is 4.05. The van der Waals surface area contributed by atoms with Gasteiger partial charge < -0.3 is 10.3 Å². The highest BCUT2D eigenvalue weighted by molar-refractivity contribution is 6.38. The number of carbonyl (C=O) groups excluding carboxylic acids is 1. The van der Waals surface area contributed by atoms with Crippen LogP contribution in [0.1, 0.15) is 15.9 Å². The van der Waals surface area contributed by atoms with E-state index in [0.29, 0.717) is 22.6 Å². The predicted molar refractivity (Wildman–Crippen MR) is 90.4 cm³/mol. The second kappa shape index (κ2) is 6.35. The molecule has 3 rings (SSSR count). The zero-order valence-corrected chi connectivity index (χ0v) is 13.6. The summed E-state index contributed by atoms with van der Waals surface area (Å²) in [5, 5.41) is 4.76. The van der Waals surface area contributed by atoms with Gasteiger partial charge in [-0.05, 0) is 29.8 Å². The molecule has 0 saturated heterocycles. The van der Waals surface area contributed by atoms with E-state index in [-0.39, 0.29) is 5.56 Å². The number of aromatic amines is 1. The summed E-state index contributed by atoms with van der Waals surface area (Å²) in [4.78, 5) is 31.0. The molecule has 0 aliphatic carbocycles. The van der Waals surface area contributed by atoms with E-state index < -0.39 is 11.5 Å². The largest absolute Gasteiger partial charge is 0.348 e. The lowest BCUT2D eigenvalue weighted by atomic mass is 10.2. The highest BCUT2D eigenvalue weighted by atomic mass is 35.5. The molecule has 3 aromatic rings. The minimum absolute atomic E-state index is 0.0407. The molecule has 0 bridgehead atoms. The Bertz CT molecular complexity index is 938. The number of fused-ring (bicyclic) bond motifs is 1. The fourth-order valence-corrected chi connectivity index (χ4v) is 2.54. The van der Waals surface area contributed by atoms with Gasteiger partial charge in [0.2, 0.25) is 0 Å². The number of hydrogen-bond acceptors (Lipinski definition) is 3. The zero-order chi connectivity index (χ0) is 16.4. The number of halogens is 1. The maximum atomic E-state index is 12.3. The van der Waals surface area contributed by atoms with Crippen molar-refractivity contribution in [1.82, 2.24) is 15.3 Å². The third-order valence-electron chi connectivity index (χ3n) is 3.37. The van der Waals surface area contributed by atoms with Crippen molar-refractivity contribution >= 4 is 44.0 Å². The van der Waals surface area contributed by atoms with Gasteiger partial charge in [0.05, 0.1) is 10.2 Å². The number of benzene rings is 1. The fraction of sp³-hybridized carbons (Fsp3) is 0.0625. The number of H-pyrrole nitrogens is 1. The van der Waals surface area contributed by atoms with Crippen molar-refractivity contribution < 1.29 is 4.79 Å². The topological polar surface area (TPSA) is 74.8 Å². The number of amides is 1. The van der Waals surface area contributed by atoms with Gasteiger partial charge >= 0.3 is 0 Å². The zero-order valence-electron chi connectivity index (χ0n) is 11.9. The first-order valence-electron chi connectivity index (χ1n) is 6.81. The molecule has 0 aliphatic heterocycles. The first-order chi connectivity index (χ1) is 11.0. The third kappa shape index (κ3) is 3.33. The summed E-state index contributed by atoms with van der Waals surface area (Å²) in [6.07, 6.45) is 1.57. The molecule has 23 heavy (non-hydrogen) atoms. The normalized spacial score (nSPS) is 10.7. The smallest absolute Gasteiger partial charge is 0.262 e. The molecule has 0 aliphatic rings. The molecule has 113 valence electrons. The lowest BCUT2D eigenvalue weighted by Crippen LogP contribution is -2.29. The first kappa shape index (κ1) is 15.5. The van der Waals surface area contributed by atoms with Crippen LogP contribution in [0.15, 0.2) is 47.4 Å². The monoisotopic (exact) mass is 340 g/mol. The molecular weight excluding hydrogens is 330 g/mol. The summed E-state index contributed by atoms with van der Waals surface area (Å²) in [6, 6.07) is 10.4. The van der Waals surface area contributed by atoms with Gasteiger partial charge in [-0.3, -0.25) is 9.59 Å². The number of pyridine rings is 2. The quantitative estimate of drug-likeness (QED) is 0.706. The summed E-state index contributed by atoms with van der Waals surface area (Å²) >= 11 is 5.82. The summed E-state index contributed by atoms with van der Waals surface area (Å²) in [5.74, 6) is -0.446. The van der Waals surface area contributed by atoms with Crippen LogP contribution in [0.2, 0.25) is 5.02 Å². The van der Waals surface area contributed by atoms with E-state index in [9.17, 15) is 9.59 Å². The number of nitrogens with zero attached hydrogens (tertiary/aromatic N) is 1. The van der Waals surface area contributed by atoms with Crippen LogP contribution in [0.4, 0.5) is 0 Å². The van der Waals surface area contributed by atoms with E-state index in [0.717, 1.165) is 10.8 Å². The highest BCUT2D eigenvalue weighted by Gasteiger charge is 2.13. The van der Waals surface area contributed by atoms with Gasteiger partial charge in [0.15, 0.2) is 0 Å². The Kier molecular flexibility index (Phi) is 4.27. The molecule has 7 heteroatoms. The molecular formula is C16H11ClN3O2Si. The molecule has 0 unspecified atom stereocenters. The van der Waals surface area contributed by atoms with Crippen LogP contribution in [0.3, 0.4) is 0 Å². The number of rotatable bonds is 3. The Morgan fingerprint density at radius 1 is 1.26 bits per heavy atom. The van der Waals surface area contributed by atoms with Crippen molar-refractivity contribution in [3.63, 3.8) is 0 Å². The van der Waals surface area contributed by atoms with Crippen molar-refractivity contribution in [3.05, 3.63) is 69.1 Å². The number of carbonyl (C=O) groups is 1. The van der Waals surface area contributed by atoms with E-state index in [1.807, 2.05) is 12.1 Å². The van der Waals surface area contributed by atoms with Crippen LogP contribution in [0.5, 0.6) is 0 Å². The SMILES string of the molecule is O=C(NCc1ccc(Cl)cc1)c1cc2c([Si])ccnc2[nH]c1=O. The van der Waals surface area contributed by atoms with Crippen LogP contribution in [0.25, 0.3) is 11.0 Å². The molecule has 0 spiro atoms. The molecule has 5 nitrogen and oxygen atoms in total. The van der Waals surface area contributed by atoms with Gasteiger partial charge in [0.25, 0.3) is 11.5 Å². The van der Waals surface area contributed by atoms with Gasteiger partial charge in [0.1, 0.15) is 11.2 Å². The lowest BCUT2D eigenvalue weighted by molar-refractivity contribution is 0.0949. The molecule has 2 N–H and O–H groups in total. The maximum absolute atomic E-state index is 12.3. The van der Waals surface area contributed by atoms with Crippen LogP contribution < -0.4 is 16.1 Å². The lowest BCUT2D eigenvalue weighted by Gasteiger charge is -2.07. The van der Waals surface area contributed by atoms with Gasteiger partial charge in [0, 0.05) is 23.2 Å². The molecule has 3 radical (unpaired) electrons. The van der Waals surface area contributed by atoms with Crippen LogP contribution in [-0.2, 0) is 6.54 Å². The summed E-state index contributed by atoms with van der Waals surface area (Å²) in [7, 11) is 3.44. The Labute approximate surface area is 140 Å². The molecule has 2 aromatic heterocycles. The molecule has 0 atom stereocenters. The van der Waals surface area contributed by atoms with E-state index in [4.69, 9.17) is 11.6 Å². The van der Waals surface area contributed by atoms with Gasteiger partial charge in [-0.15, -0.1) is 0 Å². The van der Waals surface area contributed by atoms with Crippen molar-refractivity contribution in [1.29, 1.82) is 0 Å². The van der Waals surface area contributed by atoms with Crippen LogP contribution >= 0.6 is 11.6 Å². The van der Waals surface area contributed by atoms with Gasteiger partial charge in [-0.2, -0.15) is 0 Å². The Hall–Kier alpha value is -2.44. The molecule has 0 fully saturated rings. The highest BCUT2D eigenvalue weighted by Crippen LogP contribution is 2.09. The summed E-state index contributed by atoms with van der Waals surface area (Å²) in [5.41, 5.74) is 0.883. The second-order valence-corrected chi connectivity index (χ2v) is 5.92. The van der Waals surface area contributed by atoms with Crippen molar-refractivity contribution in [2.45, 2.75) is 6.54 Å². The minimum atomic E-state index is -0.476. The van der Waals surface area contributed by atoms with E-state index in [2.05, 4.69) is 25.5 Å². The Balaban J connectivity index is 1.85. The maximum Gasteiger partial charge on any atom is 0.262 e. The van der Waals surface area contributed by atoms with Crippen LogP contribution in [-0.4, -0.2) is 26.1 Å². The fourth-order valence-electron chi connectivity index (χ4n) is 2.15. The van der Waals surface area contributed by atoms with E-state index in [1.54, 1.807) is 24.4 Å². The van der Waals surface area contributed by atoms with Gasteiger partial charge in [-0.25, -0.2) is 4.98 Å².